The second-order valence-corrected chi connectivity index (χ2v) is 10.3. The first-order valence-electron chi connectivity index (χ1n) is 13.1. The highest BCUT2D eigenvalue weighted by molar-refractivity contribution is 6.19. The van der Waals surface area contributed by atoms with Gasteiger partial charge >= 0.3 is 0 Å². The van der Waals surface area contributed by atoms with Crippen LogP contribution in [0.4, 0.5) is 0 Å². The molecule has 0 spiro atoms. The average molecular weight is 483 g/mol. The summed E-state index contributed by atoms with van der Waals surface area (Å²) < 4.78 is 4.86. The van der Waals surface area contributed by atoms with E-state index in [0.717, 1.165) is 0 Å². The van der Waals surface area contributed by atoms with Crippen molar-refractivity contribution in [2.45, 2.75) is 0 Å². The van der Waals surface area contributed by atoms with Gasteiger partial charge in [0, 0.05) is 32.6 Å². The van der Waals surface area contributed by atoms with Gasteiger partial charge in [-0.15, -0.1) is 0 Å². The molecule has 8 bridgehead atoms. The Morgan fingerprint density at radius 3 is 1.26 bits per heavy atom. The Kier molecular flexibility index (Phi) is 3.82. The Bertz CT molecular complexity index is 2290. The minimum Gasteiger partial charge on any atom is -0.309 e. The zero-order chi connectivity index (χ0) is 24.8. The molecule has 6 aromatic carbocycles. The van der Waals surface area contributed by atoms with E-state index in [1.807, 2.05) is 0 Å². The van der Waals surface area contributed by atoms with Crippen LogP contribution < -0.4 is 0 Å². The number of hydrogen-bond donors (Lipinski definition) is 0. The molecule has 0 fully saturated rings. The third-order valence-electron chi connectivity index (χ3n) is 8.20. The Hall–Kier alpha value is -5.08. The number of para-hydroxylation sites is 2. The molecular formula is C36H22N2. The van der Waals surface area contributed by atoms with Crippen LogP contribution in [0.15, 0.2) is 133 Å². The van der Waals surface area contributed by atoms with Crippen molar-refractivity contribution in [3.8, 4) is 0 Å². The van der Waals surface area contributed by atoms with Gasteiger partial charge in [0.25, 0.3) is 0 Å². The monoisotopic (exact) mass is 482 g/mol. The Morgan fingerprint density at radius 2 is 0.737 bits per heavy atom. The molecule has 3 heterocycles. The van der Waals surface area contributed by atoms with Gasteiger partial charge in [0.1, 0.15) is 0 Å². The van der Waals surface area contributed by atoms with Crippen molar-refractivity contribution in [1.29, 1.82) is 0 Å². The number of nitrogens with zero attached hydrogens (tertiary/aromatic N) is 2. The van der Waals surface area contributed by atoms with E-state index in [1.54, 1.807) is 0 Å². The molecule has 176 valence electrons. The van der Waals surface area contributed by atoms with Gasteiger partial charge in [-0.2, -0.15) is 0 Å². The maximum atomic E-state index is 2.43. The SMILES string of the molecule is c1cc2cc(c1)c1cccc(c1)n1c3ccccc3c3cc4c5ccccc5n(c5cccc2c5)c4cc31. The highest BCUT2D eigenvalue weighted by atomic mass is 14.9. The molecule has 0 radical (unpaired) electrons. The smallest absolute Gasteiger partial charge is 0.0562 e. The largest absolute Gasteiger partial charge is 0.309 e. The molecule has 0 atom stereocenters. The van der Waals surface area contributed by atoms with Gasteiger partial charge in [-0.3, -0.25) is 0 Å². The van der Waals surface area contributed by atoms with E-state index in [4.69, 9.17) is 0 Å². The Labute approximate surface area is 218 Å². The normalized spacial score (nSPS) is 12.2. The first kappa shape index (κ1) is 20.0. The van der Waals surface area contributed by atoms with Crippen molar-refractivity contribution < 1.29 is 0 Å². The van der Waals surface area contributed by atoms with Crippen molar-refractivity contribution in [2.24, 2.45) is 0 Å². The summed E-state index contributed by atoms with van der Waals surface area (Å²) in [5.74, 6) is 0. The van der Waals surface area contributed by atoms with Gasteiger partial charge in [-0.25, -0.2) is 0 Å². The molecule has 38 heavy (non-hydrogen) atoms. The van der Waals surface area contributed by atoms with Crippen molar-refractivity contribution in [2.75, 3.05) is 0 Å². The summed E-state index contributed by atoms with van der Waals surface area (Å²) in [7, 11) is 0. The molecule has 0 aliphatic rings. The molecule has 2 nitrogen and oxygen atoms in total. The average Bonchev–Trinajstić information content (AvgIpc) is 3.48. The zero-order valence-electron chi connectivity index (χ0n) is 20.6. The van der Waals surface area contributed by atoms with E-state index in [1.165, 1.54) is 76.2 Å². The molecule has 0 saturated carbocycles. The van der Waals surface area contributed by atoms with Crippen LogP contribution in [-0.2, 0) is 0 Å². The van der Waals surface area contributed by atoms with Crippen LogP contribution in [0.25, 0.3) is 76.2 Å². The summed E-state index contributed by atoms with van der Waals surface area (Å²) in [4.78, 5) is 0. The molecule has 0 N–H and O–H groups in total. The fourth-order valence-corrected chi connectivity index (χ4v) is 6.51. The zero-order valence-corrected chi connectivity index (χ0v) is 20.6. The summed E-state index contributed by atoms with van der Waals surface area (Å²) in [6.45, 7) is 0. The van der Waals surface area contributed by atoms with Crippen molar-refractivity contribution in [3.05, 3.63) is 133 Å². The van der Waals surface area contributed by atoms with E-state index in [-0.39, 0.29) is 0 Å². The highest BCUT2D eigenvalue weighted by Crippen LogP contribution is 2.37. The van der Waals surface area contributed by atoms with E-state index in [0.29, 0.717) is 0 Å². The van der Waals surface area contributed by atoms with Gasteiger partial charge in [0.15, 0.2) is 0 Å². The summed E-state index contributed by atoms with van der Waals surface area (Å²) >= 11 is 0. The van der Waals surface area contributed by atoms with Crippen LogP contribution in [0.5, 0.6) is 0 Å². The van der Waals surface area contributed by atoms with Crippen LogP contribution in [0.3, 0.4) is 0 Å². The number of fused-ring (bicyclic) bond motifs is 16. The third kappa shape index (κ3) is 2.61. The van der Waals surface area contributed by atoms with Crippen molar-refractivity contribution in [1.82, 2.24) is 8.80 Å². The molecule has 0 unspecified atom stereocenters. The molecule has 0 aliphatic carbocycles. The van der Waals surface area contributed by atoms with Crippen molar-refractivity contribution in [3.63, 3.8) is 0 Å². The quantitative estimate of drug-likeness (QED) is 0.203. The van der Waals surface area contributed by atoms with Crippen LogP contribution >= 0.6 is 0 Å². The number of rotatable bonds is 0. The van der Waals surface area contributed by atoms with Crippen LogP contribution in [0.2, 0.25) is 0 Å². The van der Waals surface area contributed by atoms with E-state index >= 15 is 0 Å². The fraction of sp³-hybridized carbons (Fsp3) is 0. The van der Waals surface area contributed by atoms with E-state index in [9.17, 15) is 0 Å². The summed E-state index contributed by atoms with van der Waals surface area (Å²) in [5, 5.41) is 10.0. The molecule has 0 aliphatic heterocycles. The van der Waals surface area contributed by atoms with E-state index < -0.39 is 0 Å². The van der Waals surface area contributed by atoms with Crippen LogP contribution in [0.1, 0.15) is 0 Å². The number of benzene rings is 6. The third-order valence-corrected chi connectivity index (χ3v) is 8.20. The topological polar surface area (TPSA) is 8.82 Å². The second kappa shape index (κ2) is 7.24. The van der Waals surface area contributed by atoms with Gasteiger partial charge in [-0.05, 0) is 76.1 Å². The van der Waals surface area contributed by atoms with Gasteiger partial charge in [-0.1, -0.05) is 78.9 Å². The fourth-order valence-electron chi connectivity index (χ4n) is 6.51. The lowest BCUT2D eigenvalue weighted by molar-refractivity contribution is 1.32. The Morgan fingerprint density at radius 1 is 0.289 bits per heavy atom. The van der Waals surface area contributed by atoms with E-state index in [2.05, 4.69) is 142 Å². The lowest BCUT2D eigenvalue weighted by Gasteiger charge is -2.05. The van der Waals surface area contributed by atoms with Crippen LogP contribution in [0, 0.1) is 0 Å². The molecular weight excluding hydrogens is 460 g/mol. The maximum absolute atomic E-state index is 2.43. The minimum atomic E-state index is 1.18. The molecule has 2 heteroatoms. The van der Waals surface area contributed by atoms with Gasteiger partial charge in [0.2, 0.25) is 0 Å². The standard InChI is InChI=1S/C36H22N2/c1-3-16-33-29(14-1)31-21-32-30-15-2-4-17-34(30)38-28-13-7-11-26(20-28)24-9-5-8-23(18-24)25-10-6-12-27(19-25)37(33)35(31)22-36(32)38/h1-22H. The predicted octanol–water partition coefficient (Wildman–Crippen LogP) is 9.67. The number of hydrogen-bond acceptors (Lipinski definition) is 0. The van der Waals surface area contributed by atoms with Gasteiger partial charge in [0.05, 0.1) is 22.1 Å². The summed E-state index contributed by atoms with van der Waals surface area (Å²) in [6, 6.07) is 49.2. The summed E-state index contributed by atoms with van der Waals surface area (Å²) in [5.41, 5.74) is 7.26. The summed E-state index contributed by atoms with van der Waals surface area (Å²) in [6.07, 6.45) is 0. The number of aromatic nitrogens is 2. The molecule has 9 aromatic rings. The Balaban J connectivity index is 1.70. The first-order chi connectivity index (χ1) is 18.8. The lowest BCUT2D eigenvalue weighted by Crippen LogP contribution is -1.87. The molecule has 0 saturated heterocycles. The molecule has 3 aromatic heterocycles. The molecule has 9 rings (SSSR count). The lowest BCUT2D eigenvalue weighted by atomic mass is 10.1. The van der Waals surface area contributed by atoms with Crippen molar-refractivity contribution >= 4 is 76.2 Å². The minimum absolute atomic E-state index is 1.18. The van der Waals surface area contributed by atoms with Gasteiger partial charge < -0.3 is 8.80 Å². The van der Waals surface area contributed by atoms with Crippen LogP contribution in [-0.4, -0.2) is 8.80 Å². The predicted molar refractivity (Wildman–Crippen MR) is 162 cm³/mol. The molecule has 0 amide bonds. The highest BCUT2D eigenvalue weighted by Gasteiger charge is 2.15. The maximum Gasteiger partial charge on any atom is 0.0562 e. The first-order valence-corrected chi connectivity index (χ1v) is 13.1. The second-order valence-electron chi connectivity index (χ2n) is 10.3.